The second kappa shape index (κ2) is 13.4. The topological polar surface area (TPSA) is 156 Å². The summed E-state index contributed by atoms with van der Waals surface area (Å²) >= 11 is 0. The Morgan fingerprint density at radius 3 is 1.11 bits per heavy atom. The molecule has 36 heavy (non-hydrogen) atoms. The number of benzene rings is 2. The van der Waals surface area contributed by atoms with E-state index in [4.69, 9.17) is 10.2 Å². The van der Waals surface area contributed by atoms with E-state index in [0.717, 1.165) is 0 Å². The van der Waals surface area contributed by atoms with Crippen LogP contribution in [0.2, 0.25) is 0 Å². The van der Waals surface area contributed by atoms with E-state index < -0.39 is 36.0 Å². The smallest absolute Gasteiger partial charge is 0.335 e. The van der Waals surface area contributed by atoms with Crippen molar-refractivity contribution in [2.24, 2.45) is 0 Å². The summed E-state index contributed by atoms with van der Waals surface area (Å²) in [5, 5.41) is 38.3. The first-order valence-electron chi connectivity index (χ1n) is 11.7. The van der Waals surface area contributed by atoms with E-state index in [1.54, 1.807) is 9.80 Å². The maximum Gasteiger partial charge on any atom is 0.335 e. The highest BCUT2D eigenvalue weighted by molar-refractivity contribution is 5.88. The van der Waals surface area contributed by atoms with Gasteiger partial charge in [0.2, 0.25) is 0 Å². The molecule has 0 saturated heterocycles. The highest BCUT2D eigenvalue weighted by atomic mass is 16.4. The molecule has 0 fully saturated rings. The summed E-state index contributed by atoms with van der Waals surface area (Å²) in [6.45, 7) is 5.19. The van der Waals surface area contributed by atoms with Gasteiger partial charge in [0.1, 0.15) is 12.1 Å². The van der Waals surface area contributed by atoms with E-state index in [0.29, 0.717) is 37.1 Å². The molecule has 2 aromatic carbocycles. The van der Waals surface area contributed by atoms with E-state index in [1.807, 2.05) is 13.8 Å². The van der Waals surface area contributed by atoms with Gasteiger partial charge in [-0.25, -0.2) is 9.59 Å². The summed E-state index contributed by atoms with van der Waals surface area (Å²) in [4.78, 5) is 50.3. The van der Waals surface area contributed by atoms with Gasteiger partial charge in [0.05, 0.1) is 11.1 Å². The number of hydrogen-bond donors (Lipinski definition) is 4. The van der Waals surface area contributed by atoms with Crippen LogP contribution in [0.5, 0.6) is 0 Å². The Morgan fingerprint density at radius 2 is 0.889 bits per heavy atom. The van der Waals surface area contributed by atoms with Gasteiger partial charge in [0.15, 0.2) is 0 Å². The van der Waals surface area contributed by atoms with Crippen LogP contribution in [-0.2, 0) is 9.59 Å². The molecule has 0 amide bonds. The van der Waals surface area contributed by atoms with Gasteiger partial charge >= 0.3 is 23.9 Å². The largest absolute Gasteiger partial charge is 0.480 e. The molecule has 10 nitrogen and oxygen atoms in total. The molecule has 0 saturated carbocycles. The standard InChI is InChI=1S/C26H32N2O8/c1-3-13-27(21(25(33)34)17-5-9-19(10-6-17)23(29)30)15-16-28(14-4-2)22(26(35)36)18-7-11-20(12-8-18)24(31)32/h5-12,21-22H,3-4,13-16H2,1-2H3,(H,29,30)(H,31,32)(H,33,34)(H,35,36). The normalized spacial score (nSPS) is 12.9. The van der Waals surface area contributed by atoms with E-state index in [1.165, 1.54) is 48.5 Å². The monoisotopic (exact) mass is 500 g/mol. The first-order chi connectivity index (χ1) is 17.1. The molecule has 0 spiro atoms. The first-order valence-corrected chi connectivity index (χ1v) is 11.7. The fourth-order valence-electron chi connectivity index (χ4n) is 4.21. The lowest BCUT2D eigenvalue weighted by atomic mass is 10.0. The predicted molar refractivity (Wildman–Crippen MR) is 131 cm³/mol. The number of aliphatic carboxylic acids is 2. The van der Waals surface area contributed by atoms with Gasteiger partial charge in [-0.3, -0.25) is 19.4 Å². The van der Waals surface area contributed by atoms with Crippen molar-refractivity contribution in [1.82, 2.24) is 9.80 Å². The lowest BCUT2D eigenvalue weighted by Crippen LogP contribution is -2.43. The number of carbonyl (C=O) groups is 4. The summed E-state index contributed by atoms with van der Waals surface area (Å²) in [7, 11) is 0. The number of carboxylic acid groups (broad SMARTS) is 4. The molecule has 4 N–H and O–H groups in total. The average Bonchev–Trinajstić information content (AvgIpc) is 2.83. The lowest BCUT2D eigenvalue weighted by Gasteiger charge is -2.34. The van der Waals surface area contributed by atoms with Crippen molar-refractivity contribution in [2.75, 3.05) is 26.2 Å². The van der Waals surface area contributed by atoms with Crippen LogP contribution in [0.1, 0.15) is 70.6 Å². The van der Waals surface area contributed by atoms with Gasteiger partial charge in [-0.05, 0) is 61.3 Å². The molecule has 0 aliphatic carbocycles. The number of rotatable bonds is 15. The number of nitrogens with zero attached hydrogens (tertiary/aromatic N) is 2. The predicted octanol–water partition coefficient (Wildman–Crippen LogP) is 3.46. The molecule has 2 aromatic rings. The van der Waals surface area contributed by atoms with E-state index in [9.17, 15) is 29.4 Å². The van der Waals surface area contributed by atoms with Gasteiger partial charge in [-0.2, -0.15) is 0 Å². The van der Waals surface area contributed by atoms with Crippen LogP contribution < -0.4 is 0 Å². The molecule has 0 aliphatic rings. The Labute approximate surface area is 209 Å². The van der Waals surface area contributed by atoms with Crippen molar-refractivity contribution in [1.29, 1.82) is 0 Å². The van der Waals surface area contributed by atoms with Crippen LogP contribution in [0.3, 0.4) is 0 Å². The molecular formula is C26H32N2O8. The molecule has 0 bridgehead atoms. The van der Waals surface area contributed by atoms with Crippen molar-refractivity contribution in [3.05, 3.63) is 70.8 Å². The van der Waals surface area contributed by atoms with Gasteiger partial charge in [0, 0.05) is 13.1 Å². The Bertz CT molecular complexity index is 967. The molecule has 0 radical (unpaired) electrons. The van der Waals surface area contributed by atoms with Crippen molar-refractivity contribution in [3.63, 3.8) is 0 Å². The lowest BCUT2D eigenvalue weighted by molar-refractivity contribution is -0.146. The Balaban J connectivity index is 2.32. The van der Waals surface area contributed by atoms with Crippen LogP contribution in [-0.4, -0.2) is 80.3 Å². The minimum Gasteiger partial charge on any atom is -0.480 e. The fourth-order valence-corrected chi connectivity index (χ4v) is 4.21. The van der Waals surface area contributed by atoms with E-state index in [2.05, 4.69) is 0 Å². The zero-order valence-corrected chi connectivity index (χ0v) is 20.3. The van der Waals surface area contributed by atoms with Crippen molar-refractivity contribution in [2.45, 2.75) is 38.8 Å². The van der Waals surface area contributed by atoms with E-state index >= 15 is 0 Å². The van der Waals surface area contributed by atoms with Crippen LogP contribution >= 0.6 is 0 Å². The summed E-state index contributed by atoms with van der Waals surface area (Å²) in [6.07, 6.45) is 1.31. The third-order valence-electron chi connectivity index (χ3n) is 5.84. The Kier molecular flexibility index (Phi) is 10.6. The first kappa shape index (κ1) is 28.5. The van der Waals surface area contributed by atoms with Gasteiger partial charge in [-0.15, -0.1) is 0 Å². The van der Waals surface area contributed by atoms with E-state index in [-0.39, 0.29) is 24.2 Å². The summed E-state index contributed by atoms with van der Waals surface area (Å²) in [5.74, 6) is -4.39. The molecule has 0 aromatic heterocycles. The number of hydrogen-bond acceptors (Lipinski definition) is 6. The molecule has 10 heteroatoms. The summed E-state index contributed by atoms with van der Waals surface area (Å²) in [6, 6.07) is 9.33. The van der Waals surface area contributed by atoms with Crippen molar-refractivity contribution < 1.29 is 39.6 Å². The molecule has 0 heterocycles. The van der Waals surface area contributed by atoms with Gasteiger partial charge < -0.3 is 20.4 Å². The van der Waals surface area contributed by atoms with Crippen LogP contribution in [0.25, 0.3) is 0 Å². The average molecular weight is 501 g/mol. The second-order valence-corrected chi connectivity index (χ2v) is 8.41. The molecule has 0 aliphatic heterocycles. The maximum absolute atomic E-state index is 12.2. The Hall–Kier alpha value is -3.76. The second-order valence-electron chi connectivity index (χ2n) is 8.41. The number of carboxylic acids is 4. The van der Waals surface area contributed by atoms with Crippen LogP contribution in [0, 0.1) is 0 Å². The maximum atomic E-state index is 12.2. The van der Waals surface area contributed by atoms with Crippen molar-refractivity contribution in [3.8, 4) is 0 Å². The molecule has 2 rings (SSSR count). The molecule has 194 valence electrons. The van der Waals surface area contributed by atoms with Gasteiger partial charge in [0.25, 0.3) is 0 Å². The minimum absolute atomic E-state index is 0.0530. The molecule has 2 unspecified atom stereocenters. The van der Waals surface area contributed by atoms with Crippen LogP contribution in [0.15, 0.2) is 48.5 Å². The zero-order valence-electron chi connectivity index (χ0n) is 20.3. The number of aromatic carboxylic acids is 2. The molecule has 2 atom stereocenters. The zero-order chi connectivity index (χ0) is 26.8. The summed E-state index contributed by atoms with van der Waals surface area (Å²) in [5.41, 5.74) is 0.971. The third kappa shape index (κ3) is 7.37. The summed E-state index contributed by atoms with van der Waals surface area (Å²) < 4.78 is 0. The van der Waals surface area contributed by atoms with Crippen molar-refractivity contribution >= 4 is 23.9 Å². The minimum atomic E-state index is -1.11. The highest BCUT2D eigenvalue weighted by Crippen LogP contribution is 2.25. The molecular weight excluding hydrogens is 468 g/mol. The van der Waals surface area contributed by atoms with Gasteiger partial charge in [-0.1, -0.05) is 38.1 Å². The Morgan fingerprint density at radius 1 is 0.583 bits per heavy atom. The SMILES string of the molecule is CCCN(CCN(CCC)C(C(=O)O)c1ccc(C(=O)O)cc1)C(C(=O)O)c1ccc(C(=O)O)cc1. The highest BCUT2D eigenvalue weighted by Gasteiger charge is 2.31. The fraction of sp³-hybridized carbons (Fsp3) is 0.385. The third-order valence-corrected chi connectivity index (χ3v) is 5.84. The van der Waals surface area contributed by atoms with Crippen LogP contribution in [0.4, 0.5) is 0 Å². The quantitative estimate of drug-likeness (QED) is 0.286.